The lowest BCUT2D eigenvalue weighted by molar-refractivity contribution is 0.103. The number of hydrogen-bond acceptors (Lipinski definition) is 4. The number of anilines is 2. The molecule has 0 bridgehead atoms. The summed E-state index contributed by atoms with van der Waals surface area (Å²) in [6.45, 7) is 3.03. The molecular weight excluding hydrogens is 386 g/mol. The van der Waals surface area contributed by atoms with Gasteiger partial charge in [0.2, 0.25) is 0 Å². The first-order valence-corrected chi connectivity index (χ1v) is 10.2. The molecule has 0 radical (unpaired) electrons. The quantitative estimate of drug-likeness (QED) is 0.463. The Morgan fingerprint density at radius 1 is 0.966 bits per heavy atom. The summed E-state index contributed by atoms with van der Waals surface area (Å²) in [5, 5.41) is 10.2. The summed E-state index contributed by atoms with van der Waals surface area (Å²) < 4.78 is 5.66. The van der Waals surface area contributed by atoms with Crippen LogP contribution in [0.15, 0.2) is 66.0 Å². The van der Waals surface area contributed by atoms with Crippen molar-refractivity contribution in [2.45, 2.75) is 13.3 Å². The zero-order valence-electron chi connectivity index (χ0n) is 16.1. The Hall–Kier alpha value is -3.32. The number of amides is 3. The standard InChI is InChI=1S/C22H23N3O3S/c1-16-6-2-9-19(14-16)28-12-5-11-23-22(27)25-18-8-3-7-17(15-18)24-21(26)20-10-4-13-29-20/h2-4,6-10,13-15H,5,11-12H2,1H3,(H,24,26)(H2,23,25,27). The number of ether oxygens (including phenoxy) is 1. The molecule has 3 amide bonds. The van der Waals surface area contributed by atoms with Crippen molar-refractivity contribution < 1.29 is 14.3 Å². The second kappa shape index (κ2) is 10.3. The number of benzene rings is 2. The number of nitrogens with one attached hydrogen (secondary N) is 3. The Labute approximate surface area is 173 Å². The van der Waals surface area contributed by atoms with Crippen molar-refractivity contribution in [3.05, 3.63) is 76.5 Å². The van der Waals surface area contributed by atoms with E-state index in [9.17, 15) is 9.59 Å². The second-order valence-electron chi connectivity index (χ2n) is 6.41. The largest absolute Gasteiger partial charge is 0.494 e. The van der Waals surface area contributed by atoms with Gasteiger partial charge in [0.05, 0.1) is 11.5 Å². The van der Waals surface area contributed by atoms with E-state index in [1.165, 1.54) is 11.3 Å². The predicted octanol–water partition coefficient (Wildman–Crippen LogP) is 4.90. The molecule has 0 unspecified atom stereocenters. The molecule has 1 heterocycles. The Balaban J connectivity index is 1.39. The van der Waals surface area contributed by atoms with Gasteiger partial charge >= 0.3 is 6.03 Å². The van der Waals surface area contributed by atoms with E-state index >= 15 is 0 Å². The lowest BCUT2D eigenvalue weighted by atomic mass is 10.2. The van der Waals surface area contributed by atoms with E-state index in [2.05, 4.69) is 16.0 Å². The average molecular weight is 410 g/mol. The SMILES string of the molecule is Cc1cccc(OCCCNC(=O)Nc2cccc(NC(=O)c3cccs3)c2)c1. The van der Waals surface area contributed by atoms with Gasteiger partial charge in [0.1, 0.15) is 5.75 Å². The Bertz CT molecular complexity index is 957. The molecule has 0 spiro atoms. The smallest absolute Gasteiger partial charge is 0.319 e. The molecule has 1 aromatic heterocycles. The van der Waals surface area contributed by atoms with E-state index < -0.39 is 0 Å². The number of carbonyl (C=O) groups is 2. The normalized spacial score (nSPS) is 10.2. The van der Waals surface area contributed by atoms with Gasteiger partial charge in [-0.3, -0.25) is 4.79 Å². The van der Waals surface area contributed by atoms with E-state index in [0.29, 0.717) is 35.8 Å². The zero-order valence-corrected chi connectivity index (χ0v) is 16.9. The molecule has 6 nitrogen and oxygen atoms in total. The fraction of sp³-hybridized carbons (Fsp3) is 0.182. The molecule has 150 valence electrons. The van der Waals surface area contributed by atoms with E-state index in [-0.39, 0.29) is 11.9 Å². The molecule has 3 N–H and O–H groups in total. The number of carbonyl (C=O) groups excluding carboxylic acids is 2. The summed E-state index contributed by atoms with van der Waals surface area (Å²) in [7, 11) is 0. The highest BCUT2D eigenvalue weighted by Crippen LogP contribution is 2.17. The highest BCUT2D eigenvalue weighted by Gasteiger charge is 2.08. The second-order valence-corrected chi connectivity index (χ2v) is 7.36. The number of aryl methyl sites for hydroxylation is 1. The first-order valence-electron chi connectivity index (χ1n) is 9.29. The third-order valence-electron chi connectivity index (χ3n) is 3.99. The van der Waals surface area contributed by atoms with Crippen LogP contribution >= 0.6 is 11.3 Å². The molecule has 0 aliphatic rings. The summed E-state index contributed by atoms with van der Waals surface area (Å²) in [5.74, 6) is 0.658. The Morgan fingerprint density at radius 3 is 2.52 bits per heavy atom. The van der Waals surface area contributed by atoms with Crippen molar-refractivity contribution in [1.82, 2.24) is 5.32 Å². The average Bonchev–Trinajstić information content (AvgIpc) is 3.23. The minimum atomic E-state index is -0.303. The maximum atomic E-state index is 12.1. The van der Waals surface area contributed by atoms with E-state index in [0.717, 1.165) is 11.3 Å². The van der Waals surface area contributed by atoms with Crippen molar-refractivity contribution in [2.75, 3.05) is 23.8 Å². The minimum absolute atomic E-state index is 0.171. The fourth-order valence-corrected chi connectivity index (χ4v) is 3.24. The van der Waals surface area contributed by atoms with Gasteiger partial charge in [-0.25, -0.2) is 4.79 Å². The van der Waals surface area contributed by atoms with E-state index in [1.807, 2.05) is 42.6 Å². The van der Waals surface area contributed by atoms with Crippen LogP contribution in [0.3, 0.4) is 0 Å². The molecule has 0 fully saturated rings. The van der Waals surface area contributed by atoms with Gasteiger partial charge < -0.3 is 20.7 Å². The van der Waals surface area contributed by atoms with Crippen molar-refractivity contribution in [3.8, 4) is 5.75 Å². The summed E-state index contributed by atoms with van der Waals surface area (Å²) in [4.78, 5) is 24.8. The molecule has 7 heteroatoms. The maximum Gasteiger partial charge on any atom is 0.319 e. The van der Waals surface area contributed by atoms with Crippen LogP contribution in [0.2, 0.25) is 0 Å². The van der Waals surface area contributed by atoms with Crippen LogP contribution in [0.5, 0.6) is 5.75 Å². The lowest BCUT2D eigenvalue weighted by Gasteiger charge is -2.10. The molecule has 2 aromatic carbocycles. The van der Waals surface area contributed by atoms with Crippen LogP contribution in [0.25, 0.3) is 0 Å². The van der Waals surface area contributed by atoms with Crippen LogP contribution in [0.4, 0.5) is 16.2 Å². The topological polar surface area (TPSA) is 79.5 Å². The van der Waals surface area contributed by atoms with Crippen molar-refractivity contribution in [3.63, 3.8) is 0 Å². The van der Waals surface area contributed by atoms with E-state index in [1.54, 1.807) is 30.3 Å². The third kappa shape index (κ3) is 6.65. The molecule has 0 aliphatic heterocycles. The molecule has 0 saturated heterocycles. The van der Waals surface area contributed by atoms with Crippen LogP contribution < -0.4 is 20.7 Å². The molecular formula is C22H23N3O3S. The van der Waals surface area contributed by atoms with Gasteiger partial charge in [0, 0.05) is 17.9 Å². The summed E-state index contributed by atoms with van der Waals surface area (Å²) in [6, 6.07) is 18.2. The van der Waals surface area contributed by atoms with Gasteiger partial charge in [-0.05, 0) is 60.7 Å². The summed E-state index contributed by atoms with van der Waals surface area (Å²) >= 11 is 1.38. The van der Waals surface area contributed by atoms with Crippen LogP contribution in [-0.4, -0.2) is 25.1 Å². The minimum Gasteiger partial charge on any atom is -0.494 e. The number of rotatable bonds is 8. The van der Waals surface area contributed by atoms with Crippen molar-refractivity contribution >= 4 is 34.6 Å². The van der Waals surface area contributed by atoms with E-state index in [4.69, 9.17) is 4.74 Å². The van der Waals surface area contributed by atoms with Crippen LogP contribution in [-0.2, 0) is 0 Å². The van der Waals surface area contributed by atoms with Gasteiger partial charge in [0.15, 0.2) is 0 Å². The Morgan fingerprint density at radius 2 is 1.76 bits per heavy atom. The first kappa shape index (κ1) is 20.4. The highest BCUT2D eigenvalue weighted by molar-refractivity contribution is 7.12. The molecule has 0 aliphatic carbocycles. The molecule has 3 aromatic rings. The first-order chi connectivity index (χ1) is 14.1. The van der Waals surface area contributed by atoms with Crippen LogP contribution in [0, 0.1) is 6.92 Å². The van der Waals surface area contributed by atoms with Gasteiger partial charge in [-0.1, -0.05) is 24.3 Å². The number of thiophene rings is 1. The monoisotopic (exact) mass is 409 g/mol. The summed E-state index contributed by atoms with van der Waals surface area (Å²) in [5.41, 5.74) is 2.36. The third-order valence-corrected chi connectivity index (χ3v) is 4.86. The predicted molar refractivity (Wildman–Crippen MR) is 117 cm³/mol. The highest BCUT2D eigenvalue weighted by atomic mass is 32.1. The van der Waals surface area contributed by atoms with Gasteiger partial charge in [-0.15, -0.1) is 11.3 Å². The molecule has 0 saturated carbocycles. The Kier molecular flexibility index (Phi) is 7.24. The van der Waals surface area contributed by atoms with Crippen LogP contribution in [0.1, 0.15) is 21.7 Å². The number of urea groups is 1. The van der Waals surface area contributed by atoms with Crippen molar-refractivity contribution in [2.24, 2.45) is 0 Å². The maximum absolute atomic E-state index is 12.1. The van der Waals surface area contributed by atoms with Gasteiger partial charge in [-0.2, -0.15) is 0 Å². The lowest BCUT2D eigenvalue weighted by Crippen LogP contribution is -2.30. The number of hydrogen-bond donors (Lipinski definition) is 3. The zero-order chi connectivity index (χ0) is 20.5. The molecule has 0 atom stereocenters. The molecule has 3 rings (SSSR count). The fourth-order valence-electron chi connectivity index (χ4n) is 2.62. The molecule has 29 heavy (non-hydrogen) atoms. The van der Waals surface area contributed by atoms with Gasteiger partial charge in [0.25, 0.3) is 5.91 Å². The summed E-state index contributed by atoms with van der Waals surface area (Å²) in [6.07, 6.45) is 0.693. The van der Waals surface area contributed by atoms with Crippen molar-refractivity contribution in [1.29, 1.82) is 0 Å².